The van der Waals surface area contributed by atoms with Crippen LogP contribution in [-0.2, 0) is 0 Å². The van der Waals surface area contributed by atoms with E-state index in [1.165, 1.54) is 24.3 Å². The van der Waals surface area contributed by atoms with Crippen molar-refractivity contribution in [3.63, 3.8) is 0 Å². The van der Waals surface area contributed by atoms with E-state index in [0.29, 0.717) is 16.9 Å². The molecule has 3 N–H and O–H groups in total. The van der Waals surface area contributed by atoms with Crippen LogP contribution in [0.15, 0.2) is 42.5 Å². The molecule has 98 valence electrons. The minimum atomic E-state index is -0.476. The SMILES string of the molecule is Cc1cc(NC(=O)Nc2cccc(F)c2)ccc1O. The molecule has 0 aliphatic heterocycles. The molecule has 0 radical (unpaired) electrons. The molecule has 0 saturated heterocycles. The molecule has 0 heterocycles. The number of hydrogen-bond acceptors (Lipinski definition) is 2. The first-order chi connectivity index (χ1) is 9.04. The van der Waals surface area contributed by atoms with Crippen LogP contribution >= 0.6 is 0 Å². The normalized spacial score (nSPS) is 10.0. The van der Waals surface area contributed by atoms with Crippen LogP contribution in [0.3, 0.4) is 0 Å². The maximum Gasteiger partial charge on any atom is 0.323 e. The smallest absolute Gasteiger partial charge is 0.323 e. The van der Waals surface area contributed by atoms with Crippen molar-refractivity contribution in [3.8, 4) is 5.75 Å². The third-order valence-corrected chi connectivity index (χ3v) is 2.54. The Hall–Kier alpha value is -2.56. The number of phenols is 1. The van der Waals surface area contributed by atoms with Gasteiger partial charge in [-0.05, 0) is 48.9 Å². The minimum absolute atomic E-state index is 0.163. The summed E-state index contributed by atoms with van der Waals surface area (Å²) in [6, 6.07) is 9.85. The van der Waals surface area contributed by atoms with Gasteiger partial charge in [-0.2, -0.15) is 0 Å². The zero-order valence-electron chi connectivity index (χ0n) is 10.3. The minimum Gasteiger partial charge on any atom is -0.508 e. The fourth-order valence-electron chi connectivity index (χ4n) is 1.59. The van der Waals surface area contributed by atoms with E-state index in [2.05, 4.69) is 10.6 Å². The summed E-state index contributed by atoms with van der Waals surface area (Å²) in [6.45, 7) is 1.73. The lowest BCUT2D eigenvalue weighted by molar-refractivity contribution is 0.262. The summed E-state index contributed by atoms with van der Waals surface area (Å²) in [5, 5.41) is 14.5. The molecule has 0 bridgehead atoms. The van der Waals surface area contributed by atoms with Gasteiger partial charge in [0.25, 0.3) is 0 Å². The van der Waals surface area contributed by atoms with Gasteiger partial charge in [0.1, 0.15) is 11.6 Å². The largest absolute Gasteiger partial charge is 0.508 e. The highest BCUT2D eigenvalue weighted by Gasteiger charge is 2.04. The Morgan fingerprint density at radius 2 is 1.79 bits per heavy atom. The second-order valence-electron chi connectivity index (χ2n) is 4.09. The first kappa shape index (κ1) is 12.9. The molecular weight excluding hydrogens is 247 g/mol. The van der Waals surface area contributed by atoms with Crippen molar-refractivity contribution in [2.24, 2.45) is 0 Å². The molecule has 2 amide bonds. The highest BCUT2D eigenvalue weighted by Crippen LogP contribution is 2.20. The number of hydrogen-bond donors (Lipinski definition) is 3. The van der Waals surface area contributed by atoms with Crippen LogP contribution in [0, 0.1) is 12.7 Å². The van der Waals surface area contributed by atoms with E-state index in [-0.39, 0.29) is 5.75 Å². The molecule has 0 spiro atoms. The van der Waals surface area contributed by atoms with Crippen molar-refractivity contribution in [1.29, 1.82) is 0 Å². The lowest BCUT2D eigenvalue weighted by atomic mass is 10.2. The maximum absolute atomic E-state index is 12.9. The number of aryl methyl sites for hydroxylation is 1. The number of urea groups is 1. The monoisotopic (exact) mass is 260 g/mol. The first-order valence-electron chi connectivity index (χ1n) is 5.68. The number of benzene rings is 2. The fourth-order valence-corrected chi connectivity index (χ4v) is 1.59. The average Bonchev–Trinajstić information content (AvgIpc) is 2.34. The Morgan fingerprint density at radius 3 is 2.42 bits per heavy atom. The van der Waals surface area contributed by atoms with E-state index in [0.717, 1.165) is 0 Å². The van der Waals surface area contributed by atoms with E-state index in [1.807, 2.05) is 0 Å². The Kier molecular flexibility index (Phi) is 3.66. The van der Waals surface area contributed by atoms with Crippen LogP contribution in [0.5, 0.6) is 5.75 Å². The number of halogens is 1. The molecule has 2 aromatic rings. The second-order valence-corrected chi connectivity index (χ2v) is 4.09. The molecule has 0 unspecified atom stereocenters. The summed E-state index contributed by atoms with van der Waals surface area (Å²) in [5.41, 5.74) is 1.57. The van der Waals surface area contributed by atoms with Crippen LogP contribution in [0.1, 0.15) is 5.56 Å². The Labute approximate surface area is 109 Å². The Morgan fingerprint density at radius 1 is 1.11 bits per heavy atom. The third-order valence-electron chi connectivity index (χ3n) is 2.54. The van der Waals surface area contributed by atoms with Crippen molar-refractivity contribution >= 4 is 17.4 Å². The van der Waals surface area contributed by atoms with Crippen molar-refractivity contribution in [2.45, 2.75) is 6.92 Å². The molecule has 0 aliphatic carbocycles. The Bertz CT molecular complexity index is 614. The molecule has 0 aromatic heterocycles. The first-order valence-corrected chi connectivity index (χ1v) is 5.68. The zero-order chi connectivity index (χ0) is 13.8. The number of phenolic OH excluding ortho intramolecular Hbond substituents is 1. The van der Waals surface area contributed by atoms with Crippen molar-refractivity contribution in [1.82, 2.24) is 0 Å². The predicted molar refractivity (Wildman–Crippen MR) is 71.9 cm³/mol. The van der Waals surface area contributed by atoms with E-state index < -0.39 is 11.8 Å². The molecule has 5 heteroatoms. The van der Waals surface area contributed by atoms with Crippen molar-refractivity contribution < 1.29 is 14.3 Å². The van der Waals surface area contributed by atoms with Crippen molar-refractivity contribution in [3.05, 3.63) is 53.8 Å². The highest BCUT2D eigenvalue weighted by molar-refractivity contribution is 5.99. The summed E-state index contributed by atoms with van der Waals surface area (Å²) >= 11 is 0. The summed E-state index contributed by atoms with van der Waals surface area (Å²) in [6.07, 6.45) is 0. The number of nitrogens with one attached hydrogen (secondary N) is 2. The number of amides is 2. The van der Waals surface area contributed by atoms with E-state index in [9.17, 15) is 14.3 Å². The number of anilines is 2. The predicted octanol–water partition coefficient (Wildman–Crippen LogP) is 3.48. The quantitative estimate of drug-likeness (QED) is 0.724. The van der Waals surface area contributed by atoms with E-state index >= 15 is 0 Å². The van der Waals surface area contributed by atoms with Gasteiger partial charge in [-0.25, -0.2) is 9.18 Å². The maximum atomic E-state index is 12.9. The van der Waals surface area contributed by atoms with Gasteiger partial charge in [-0.1, -0.05) is 6.07 Å². The van der Waals surface area contributed by atoms with Gasteiger partial charge in [-0.3, -0.25) is 0 Å². The molecule has 0 aliphatic rings. The number of carbonyl (C=O) groups excluding carboxylic acids is 1. The summed E-state index contributed by atoms with van der Waals surface area (Å²) < 4.78 is 12.9. The van der Waals surface area contributed by atoms with Gasteiger partial charge in [-0.15, -0.1) is 0 Å². The molecule has 4 nitrogen and oxygen atoms in total. The molecular formula is C14H13FN2O2. The third kappa shape index (κ3) is 3.45. The molecule has 0 atom stereocenters. The van der Waals surface area contributed by atoms with Crippen molar-refractivity contribution in [2.75, 3.05) is 10.6 Å². The summed E-state index contributed by atoms with van der Waals surface area (Å²) in [7, 11) is 0. The fraction of sp³-hybridized carbons (Fsp3) is 0.0714. The second kappa shape index (κ2) is 5.39. The van der Waals surface area contributed by atoms with Gasteiger partial charge in [0.2, 0.25) is 0 Å². The standard InChI is InChI=1S/C14H13FN2O2/c1-9-7-12(5-6-13(9)18)17-14(19)16-11-4-2-3-10(15)8-11/h2-8,18H,1H3,(H2,16,17,19). The number of aromatic hydroxyl groups is 1. The molecule has 2 aromatic carbocycles. The van der Waals surface area contributed by atoms with Crippen LogP contribution < -0.4 is 10.6 Å². The number of carbonyl (C=O) groups is 1. The van der Waals surface area contributed by atoms with E-state index in [1.54, 1.807) is 25.1 Å². The zero-order valence-corrected chi connectivity index (χ0v) is 10.3. The molecule has 2 rings (SSSR count). The van der Waals surface area contributed by atoms with Gasteiger partial charge in [0.05, 0.1) is 0 Å². The van der Waals surface area contributed by atoms with Crippen LogP contribution in [0.4, 0.5) is 20.6 Å². The van der Waals surface area contributed by atoms with Gasteiger partial charge in [0, 0.05) is 11.4 Å². The average molecular weight is 260 g/mol. The van der Waals surface area contributed by atoms with Gasteiger partial charge < -0.3 is 15.7 Å². The topological polar surface area (TPSA) is 61.4 Å². The molecule has 0 fully saturated rings. The lowest BCUT2D eigenvalue weighted by Gasteiger charge is -2.08. The van der Waals surface area contributed by atoms with E-state index in [4.69, 9.17) is 0 Å². The van der Waals surface area contributed by atoms with Crippen LogP contribution in [-0.4, -0.2) is 11.1 Å². The van der Waals surface area contributed by atoms with Crippen LogP contribution in [0.2, 0.25) is 0 Å². The molecule has 19 heavy (non-hydrogen) atoms. The van der Waals surface area contributed by atoms with Gasteiger partial charge >= 0.3 is 6.03 Å². The lowest BCUT2D eigenvalue weighted by Crippen LogP contribution is -2.19. The summed E-state index contributed by atoms with van der Waals surface area (Å²) in [5.74, 6) is -0.255. The molecule has 0 saturated carbocycles. The van der Waals surface area contributed by atoms with Gasteiger partial charge in [0.15, 0.2) is 0 Å². The Balaban J connectivity index is 2.03. The van der Waals surface area contributed by atoms with Crippen LogP contribution in [0.25, 0.3) is 0 Å². The summed E-state index contributed by atoms with van der Waals surface area (Å²) in [4.78, 5) is 11.7. The highest BCUT2D eigenvalue weighted by atomic mass is 19.1. The number of rotatable bonds is 2.